The number of aliphatic hydroxyl groups excluding tert-OH is 1. The Hall–Kier alpha value is -2.54. The first-order chi connectivity index (χ1) is 12.8. The van der Waals surface area contributed by atoms with Gasteiger partial charge in [-0.25, -0.2) is 4.79 Å². The second-order valence-electron chi connectivity index (χ2n) is 6.58. The molecular weight excluding hydrogens is 359 g/mol. The number of anilines is 1. The molecule has 3 rings (SSSR count). The summed E-state index contributed by atoms with van der Waals surface area (Å²) in [5.74, 6) is -0.408. The van der Waals surface area contributed by atoms with Gasteiger partial charge in [0.15, 0.2) is 0 Å². The van der Waals surface area contributed by atoms with Crippen molar-refractivity contribution < 1.29 is 27.8 Å². The molecule has 0 saturated carbocycles. The van der Waals surface area contributed by atoms with Crippen LogP contribution in [0.4, 0.5) is 18.9 Å². The molecule has 2 aromatic rings. The van der Waals surface area contributed by atoms with Crippen molar-refractivity contribution in [3.05, 3.63) is 65.2 Å². The maximum Gasteiger partial charge on any atom is 0.416 e. The average Bonchev–Trinajstić information content (AvgIpc) is 3.11. The van der Waals surface area contributed by atoms with Gasteiger partial charge in [0.25, 0.3) is 0 Å². The Bertz CT molecular complexity index is 788. The third kappa shape index (κ3) is 4.08. The van der Waals surface area contributed by atoms with Crippen molar-refractivity contribution in [1.29, 1.82) is 0 Å². The van der Waals surface area contributed by atoms with Crippen LogP contribution in [-0.2, 0) is 10.9 Å². The molecule has 1 aliphatic rings. The van der Waals surface area contributed by atoms with Gasteiger partial charge in [0.05, 0.1) is 30.9 Å². The molecule has 4 nitrogen and oxygen atoms in total. The van der Waals surface area contributed by atoms with Crippen LogP contribution in [0.1, 0.15) is 33.8 Å². The number of hydrogen-bond acceptors (Lipinski definition) is 4. The van der Waals surface area contributed by atoms with Crippen molar-refractivity contribution in [2.24, 2.45) is 0 Å². The number of hydrogen-bond donors (Lipinski definition) is 1. The number of aliphatic hydroxyl groups is 1. The molecule has 1 aliphatic heterocycles. The van der Waals surface area contributed by atoms with Crippen molar-refractivity contribution in [1.82, 2.24) is 0 Å². The minimum absolute atomic E-state index is 0.0183. The van der Waals surface area contributed by atoms with E-state index in [0.29, 0.717) is 18.5 Å². The predicted molar refractivity (Wildman–Crippen MR) is 94.8 cm³/mol. The first-order valence-electron chi connectivity index (χ1n) is 8.56. The third-order valence-electron chi connectivity index (χ3n) is 4.95. The molecule has 0 spiro atoms. The summed E-state index contributed by atoms with van der Waals surface area (Å²) in [6.45, 7) is 0.518. The molecule has 0 radical (unpaired) electrons. The van der Waals surface area contributed by atoms with E-state index < -0.39 is 17.7 Å². The lowest BCUT2D eigenvalue weighted by Crippen LogP contribution is -2.32. The molecule has 0 aromatic heterocycles. The molecule has 1 saturated heterocycles. The Morgan fingerprint density at radius 2 is 1.78 bits per heavy atom. The van der Waals surface area contributed by atoms with Crippen LogP contribution in [0, 0.1) is 0 Å². The fourth-order valence-corrected chi connectivity index (χ4v) is 3.50. The topological polar surface area (TPSA) is 49.8 Å². The average molecular weight is 379 g/mol. The van der Waals surface area contributed by atoms with Gasteiger partial charge < -0.3 is 14.7 Å². The summed E-state index contributed by atoms with van der Waals surface area (Å²) in [5.41, 5.74) is 1.42. The molecule has 27 heavy (non-hydrogen) atoms. The fourth-order valence-electron chi connectivity index (χ4n) is 3.50. The van der Waals surface area contributed by atoms with Crippen molar-refractivity contribution in [2.75, 3.05) is 25.2 Å². The molecule has 0 amide bonds. The maximum atomic E-state index is 12.7. The van der Waals surface area contributed by atoms with Gasteiger partial charge in [0, 0.05) is 18.2 Å². The van der Waals surface area contributed by atoms with E-state index in [2.05, 4.69) is 4.74 Å². The maximum absolute atomic E-state index is 12.7. The zero-order valence-electron chi connectivity index (χ0n) is 14.7. The number of halogens is 3. The van der Waals surface area contributed by atoms with Crippen LogP contribution in [0.15, 0.2) is 48.5 Å². The van der Waals surface area contributed by atoms with Gasteiger partial charge in [-0.05, 0) is 48.4 Å². The van der Waals surface area contributed by atoms with Gasteiger partial charge in [-0.3, -0.25) is 0 Å². The monoisotopic (exact) mass is 379 g/mol. The van der Waals surface area contributed by atoms with Gasteiger partial charge in [-0.2, -0.15) is 13.2 Å². The van der Waals surface area contributed by atoms with Gasteiger partial charge in [-0.1, -0.05) is 12.1 Å². The van der Waals surface area contributed by atoms with Gasteiger partial charge in [0.1, 0.15) is 0 Å². The molecule has 1 heterocycles. The Morgan fingerprint density at radius 3 is 2.30 bits per heavy atom. The molecule has 1 fully saturated rings. The lowest BCUT2D eigenvalue weighted by atomic mass is 9.95. The number of esters is 1. The van der Waals surface area contributed by atoms with Crippen LogP contribution in [0.5, 0.6) is 0 Å². The summed E-state index contributed by atoms with van der Waals surface area (Å²) in [5, 5.41) is 9.73. The summed E-state index contributed by atoms with van der Waals surface area (Å²) in [4.78, 5) is 13.6. The molecule has 0 bridgehead atoms. The van der Waals surface area contributed by atoms with Crippen LogP contribution in [0.2, 0.25) is 0 Å². The zero-order valence-corrected chi connectivity index (χ0v) is 14.7. The van der Waals surface area contributed by atoms with Crippen LogP contribution in [-0.4, -0.2) is 37.4 Å². The molecule has 0 unspecified atom stereocenters. The fraction of sp³-hybridized carbons (Fsp3) is 0.350. The van der Waals surface area contributed by atoms with E-state index in [1.165, 1.54) is 19.2 Å². The van der Waals surface area contributed by atoms with Gasteiger partial charge in [0.2, 0.25) is 0 Å². The lowest BCUT2D eigenvalue weighted by molar-refractivity contribution is -0.137. The predicted octanol–water partition coefficient (Wildman–Crippen LogP) is 3.85. The van der Waals surface area contributed by atoms with E-state index in [0.717, 1.165) is 23.4 Å². The zero-order chi connectivity index (χ0) is 19.6. The summed E-state index contributed by atoms with van der Waals surface area (Å²) in [6, 6.07) is 11.9. The van der Waals surface area contributed by atoms with Crippen molar-refractivity contribution >= 4 is 11.7 Å². The van der Waals surface area contributed by atoms with E-state index >= 15 is 0 Å². The number of carbonyl (C=O) groups excluding carboxylic acids is 1. The summed E-state index contributed by atoms with van der Waals surface area (Å²) in [7, 11) is 1.31. The number of carbonyl (C=O) groups is 1. The van der Waals surface area contributed by atoms with Crippen molar-refractivity contribution in [3.8, 4) is 0 Å². The van der Waals surface area contributed by atoms with E-state index in [9.17, 15) is 23.1 Å². The summed E-state index contributed by atoms with van der Waals surface area (Å²) in [6.07, 6.45) is -3.71. The smallest absolute Gasteiger partial charge is 0.416 e. The number of nitrogens with zero attached hydrogens (tertiary/aromatic N) is 1. The molecule has 7 heteroatoms. The second kappa shape index (κ2) is 7.60. The Balaban J connectivity index is 1.78. The highest BCUT2D eigenvalue weighted by Gasteiger charge is 2.34. The number of benzene rings is 2. The summed E-state index contributed by atoms with van der Waals surface area (Å²) >= 11 is 0. The van der Waals surface area contributed by atoms with Crippen molar-refractivity contribution in [3.63, 3.8) is 0 Å². The molecular formula is C20H20F3NO3. The van der Waals surface area contributed by atoms with E-state index in [-0.39, 0.29) is 18.6 Å². The van der Waals surface area contributed by atoms with Crippen LogP contribution in [0.3, 0.4) is 0 Å². The largest absolute Gasteiger partial charge is 0.465 e. The van der Waals surface area contributed by atoms with Gasteiger partial charge >= 0.3 is 12.1 Å². The first-order valence-corrected chi connectivity index (χ1v) is 8.56. The van der Waals surface area contributed by atoms with Gasteiger partial charge in [-0.15, -0.1) is 0 Å². The number of rotatable bonds is 4. The summed E-state index contributed by atoms with van der Waals surface area (Å²) < 4.78 is 42.9. The highest BCUT2D eigenvalue weighted by atomic mass is 19.4. The normalized spacial score (nSPS) is 20.0. The van der Waals surface area contributed by atoms with E-state index in [4.69, 9.17) is 0 Å². The van der Waals surface area contributed by atoms with Crippen molar-refractivity contribution in [2.45, 2.75) is 24.6 Å². The molecule has 2 atom stereocenters. The van der Waals surface area contributed by atoms with E-state index in [1.54, 1.807) is 24.3 Å². The minimum atomic E-state index is -4.35. The Morgan fingerprint density at radius 1 is 1.15 bits per heavy atom. The van der Waals surface area contributed by atoms with Crippen LogP contribution < -0.4 is 4.90 Å². The molecule has 1 N–H and O–H groups in total. The van der Waals surface area contributed by atoms with Crippen LogP contribution >= 0.6 is 0 Å². The number of ether oxygens (including phenoxy) is 1. The second-order valence-corrected chi connectivity index (χ2v) is 6.58. The standard InChI is InChI=1S/C20H20F3NO3/c1-27-19(26)14-4-8-17(9-5-14)24-11-15(10-18(24)12-25)13-2-6-16(7-3-13)20(21,22)23/h2-9,15,18,25H,10-12H2,1H3/t15-,18+/m1/s1. The first kappa shape index (κ1) is 19.2. The quantitative estimate of drug-likeness (QED) is 0.820. The Kier molecular flexibility index (Phi) is 5.41. The molecule has 0 aliphatic carbocycles. The number of alkyl halides is 3. The van der Waals surface area contributed by atoms with E-state index in [1.807, 2.05) is 4.90 Å². The lowest BCUT2D eigenvalue weighted by Gasteiger charge is -2.25. The number of methoxy groups -OCH3 is 1. The minimum Gasteiger partial charge on any atom is -0.465 e. The molecule has 2 aromatic carbocycles. The highest BCUT2D eigenvalue weighted by Crippen LogP contribution is 2.36. The highest BCUT2D eigenvalue weighted by molar-refractivity contribution is 5.89. The Labute approximate surface area is 155 Å². The third-order valence-corrected chi connectivity index (χ3v) is 4.95. The SMILES string of the molecule is COC(=O)c1ccc(N2C[C@H](c3ccc(C(F)(F)F)cc3)C[C@H]2CO)cc1. The molecule has 144 valence electrons. The van der Waals surface area contributed by atoms with Crippen LogP contribution in [0.25, 0.3) is 0 Å².